The van der Waals surface area contributed by atoms with Crippen molar-refractivity contribution in [1.82, 2.24) is 4.57 Å². The molecule has 0 fully saturated rings. The predicted octanol–water partition coefficient (Wildman–Crippen LogP) is 1.79. The second-order valence-corrected chi connectivity index (χ2v) is 3.56. The summed E-state index contributed by atoms with van der Waals surface area (Å²) in [4.78, 5) is 11.3. The molecule has 0 bridgehead atoms. The van der Waals surface area contributed by atoms with Crippen LogP contribution >= 0.6 is 0 Å². The molecule has 0 unspecified atom stereocenters. The smallest absolute Gasteiger partial charge is 0.250 e. The minimum atomic E-state index is 0.00126. The van der Waals surface area contributed by atoms with Gasteiger partial charge in [-0.15, -0.1) is 0 Å². The van der Waals surface area contributed by atoms with E-state index in [9.17, 15) is 4.79 Å². The molecule has 1 aromatic rings. The first-order valence-corrected chi connectivity index (χ1v) is 4.69. The Labute approximate surface area is 83.9 Å². The average molecular weight is 192 g/mol. The van der Waals surface area contributed by atoms with Crippen LogP contribution in [-0.4, -0.2) is 4.57 Å². The van der Waals surface area contributed by atoms with Crippen molar-refractivity contribution in [2.24, 2.45) is 0 Å². The van der Waals surface area contributed by atoms with Crippen LogP contribution in [0.3, 0.4) is 0 Å². The van der Waals surface area contributed by atoms with Crippen LogP contribution in [0.15, 0.2) is 34.8 Å². The fraction of sp³-hybridized carbons (Fsp3) is 0.364. The van der Waals surface area contributed by atoms with E-state index in [1.165, 1.54) is 11.6 Å². The lowest BCUT2D eigenvalue weighted by Gasteiger charge is -2.03. The Hall–Kier alpha value is -1.51. The molecule has 1 rings (SSSR count). The second-order valence-electron chi connectivity index (χ2n) is 3.56. The van der Waals surface area contributed by atoms with Crippen molar-refractivity contribution in [2.45, 2.75) is 26.8 Å². The monoisotopic (exact) mass is 192 g/mol. The van der Waals surface area contributed by atoms with Crippen LogP contribution in [0.5, 0.6) is 0 Å². The minimum absolute atomic E-state index is 0.00126. The van der Waals surface area contributed by atoms with E-state index in [-0.39, 0.29) is 5.56 Å². The number of nitrogens with two attached hydrogens (primary N) is 1. The Morgan fingerprint density at radius 1 is 1.50 bits per heavy atom. The van der Waals surface area contributed by atoms with E-state index < -0.39 is 0 Å². The van der Waals surface area contributed by atoms with Gasteiger partial charge in [0.1, 0.15) is 0 Å². The van der Waals surface area contributed by atoms with Crippen molar-refractivity contribution in [3.63, 3.8) is 0 Å². The van der Waals surface area contributed by atoms with E-state index in [0.29, 0.717) is 12.2 Å². The fourth-order valence-corrected chi connectivity index (χ4v) is 1.22. The SMILES string of the molecule is CC(C)=CCCn1cc(N)ccc1=O. The Kier molecular flexibility index (Phi) is 3.51. The average Bonchev–Trinajstić information content (AvgIpc) is 2.10. The molecule has 0 spiro atoms. The van der Waals surface area contributed by atoms with E-state index >= 15 is 0 Å². The molecule has 1 aromatic heterocycles. The topological polar surface area (TPSA) is 48.0 Å². The van der Waals surface area contributed by atoms with Crippen molar-refractivity contribution >= 4 is 5.69 Å². The maximum atomic E-state index is 11.3. The Balaban J connectivity index is 2.72. The van der Waals surface area contributed by atoms with E-state index in [0.717, 1.165) is 6.42 Å². The molecule has 0 aliphatic heterocycles. The van der Waals surface area contributed by atoms with Crippen LogP contribution < -0.4 is 11.3 Å². The summed E-state index contributed by atoms with van der Waals surface area (Å²) < 4.78 is 1.63. The van der Waals surface area contributed by atoms with E-state index in [1.807, 2.05) is 13.8 Å². The van der Waals surface area contributed by atoms with Crippen LogP contribution in [0.25, 0.3) is 0 Å². The molecule has 0 aliphatic rings. The summed E-state index contributed by atoms with van der Waals surface area (Å²) in [7, 11) is 0. The van der Waals surface area contributed by atoms with Gasteiger partial charge in [-0.1, -0.05) is 11.6 Å². The Morgan fingerprint density at radius 2 is 2.21 bits per heavy atom. The molecule has 14 heavy (non-hydrogen) atoms. The number of anilines is 1. The molecule has 0 aliphatic carbocycles. The quantitative estimate of drug-likeness (QED) is 0.742. The first kappa shape index (κ1) is 10.6. The molecule has 0 amide bonds. The third-order valence-electron chi connectivity index (χ3n) is 1.93. The number of rotatable bonds is 3. The molecule has 0 aromatic carbocycles. The largest absolute Gasteiger partial charge is 0.398 e. The van der Waals surface area contributed by atoms with Crippen molar-refractivity contribution < 1.29 is 0 Å². The van der Waals surface area contributed by atoms with Gasteiger partial charge in [-0.05, 0) is 26.3 Å². The van der Waals surface area contributed by atoms with Crippen LogP contribution in [0, 0.1) is 0 Å². The van der Waals surface area contributed by atoms with Gasteiger partial charge in [-0.3, -0.25) is 4.79 Å². The number of aryl methyl sites for hydroxylation is 1. The zero-order valence-electron chi connectivity index (χ0n) is 8.66. The number of hydrogen-bond acceptors (Lipinski definition) is 2. The molecule has 0 atom stereocenters. The number of nitrogens with zero attached hydrogens (tertiary/aromatic N) is 1. The summed E-state index contributed by atoms with van der Waals surface area (Å²) in [5, 5.41) is 0. The zero-order valence-corrected chi connectivity index (χ0v) is 8.66. The van der Waals surface area contributed by atoms with Crippen LogP contribution in [0.4, 0.5) is 5.69 Å². The first-order valence-electron chi connectivity index (χ1n) is 4.69. The highest BCUT2D eigenvalue weighted by atomic mass is 16.1. The summed E-state index contributed by atoms with van der Waals surface area (Å²) in [5.41, 5.74) is 7.48. The maximum Gasteiger partial charge on any atom is 0.250 e. The van der Waals surface area contributed by atoms with Crippen molar-refractivity contribution in [3.05, 3.63) is 40.3 Å². The van der Waals surface area contributed by atoms with Gasteiger partial charge < -0.3 is 10.3 Å². The summed E-state index contributed by atoms with van der Waals surface area (Å²) in [6, 6.07) is 3.12. The number of pyridine rings is 1. The molecule has 0 saturated heterocycles. The highest BCUT2D eigenvalue weighted by molar-refractivity contribution is 5.33. The molecule has 1 heterocycles. The lowest BCUT2D eigenvalue weighted by molar-refractivity contribution is 0.681. The number of nitrogen functional groups attached to an aromatic ring is 1. The molecular weight excluding hydrogens is 176 g/mol. The summed E-state index contributed by atoms with van der Waals surface area (Å²) in [6.45, 7) is 4.78. The highest BCUT2D eigenvalue weighted by Gasteiger charge is 1.94. The van der Waals surface area contributed by atoms with Gasteiger partial charge in [0, 0.05) is 24.5 Å². The molecule has 0 radical (unpaired) electrons. The van der Waals surface area contributed by atoms with Crippen LogP contribution in [-0.2, 0) is 6.54 Å². The Morgan fingerprint density at radius 3 is 2.86 bits per heavy atom. The predicted molar refractivity (Wildman–Crippen MR) is 59.2 cm³/mol. The fourth-order valence-electron chi connectivity index (χ4n) is 1.22. The lowest BCUT2D eigenvalue weighted by Crippen LogP contribution is -2.18. The molecular formula is C11H16N2O. The standard InChI is InChI=1S/C11H16N2O/c1-9(2)4-3-7-13-8-10(12)5-6-11(13)14/h4-6,8H,3,7,12H2,1-2H3. The van der Waals surface area contributed by atoms with Gasteiger partial charge >= 0.3 is 0 Å². The molecule has 0 saturated carbocycles. The van der Waals surface area contributed by atoms with E-state index in [1.54, 1.807) is 16.8 Å². The number of allylic oxidation sites excluding steroid dienone is 2. The van der Waals surface area contributed by atoms with Gasteiger partial charge in [-0.25, -0.2) is 0 Å². The van der Waals surface area contributed by atoms with Crippen molar-refractivity contribution in [3.8, 4) is 0 Å². The number of hydrogen-bond donors (Lipinski definition) is 1. The van der Waals surface area contributed by atoms with Gasteiger partial charge in [0.15, 0.2) is 0 Å². The molecule has 2 N–H and O–H groups in total. The highest BCUT2D eigenvalue weighted by Crippen LogP contribution is 1.99. The van der Waals surface area contributed by atoms with Gasteiger partial charge in [0.05, 0.1) is 0 Å². The zero-order chi connectivity index (χ0) is 10.6. The second kappa shape index (κ2) is 4.65. The summed E-state index contributed by atoms with van der Waals surface area (Å²) >= 11 is 0. The minimum Gasteiger partial charge on any atom is -0.398 e. The van der Waals surface area contributed by atoms with E-state index in [2.05, 4.69) is 6.08 Å². The number of aromatic nitrogens is 1. The van der Waals surface area contributed by atoms with Crippen molar-refractivity contribution in [2.75, 3.05) is 5.73 Å². The van der Waals surface area contributed by atoms with Gasteiger partial charge in [0.2, 0.25) is 0 Å². The molecule has 3 heteroatoms. The molecule has 3 nitrogen and oxygen atoms in total. The van der Waals surface area contributed by atoms with Gasteiger partial charge in [0.25, 0.3) is 5.56 Å². The normalized spacial score (nSPS) is 9.86. The third kappa shape index (κ3) is 3.09. The van der Waals surface area contributed by atoms with Crippen LogP contribution in [0.2, 0.25) is 0 Å². The van der Waals surface area contributed by atoms with Crippen molar-refractivity contribution in [1.29, 1.82) is 0 Å². The third-order valence-corrected chi connectivity index (χ3v) is 1.93. The van der Waals surface area contributed by atoms with Crippen LogP contribution in [0.1, 0.15) is 20.3 Å². The maximum absolute atomic E-state index is 11.3. The lowest BCUT2D eigenvalue weighted by atomic mass is 10.2. The molecule has 76 valence electrons. The first-order chi connectivity index (χ1) is 6.59. The summed E-state index contributed by atoms with van der Waals surface area (Å²) in [6.07, 6.45) is 4.66. The van der Waals surface area contributed by atoms with E-state index in [4.69, 9.17) is 5.73 Å². The van der Waals surface area contributed by atoms with Gasteiger partial charge in [-0.2, -0.15) is 0 Å². The summed E-state index contributed by atoms with van der Waals surface area (Å²) in [5.74, 6) is 0. The Bertz CT molecular complexity index is 387.